The molecule has 2 aromatic heterocycles. The smallest absolute Gasteiger partial charge is 0.192 e. The summed E-state index contributed by atoms with van der Waals surface area (Å²) >= 11 is 1.59. The zero-order valence-electron chi connectivity index (χ0n) is 11.3. The van der Waals surface area contributed by atoms with Gasteiger partial charge in [0.25, 0.3) is 0 Å². The Morgan fingerprint density at radius 2 is 1.90 bits per heavy atom. The Balaban J connectivity index is 2.08. The van der Waals surface area contributed by atoms with E-state index < -0.39 is 0 Å². The van der Waals surface area contributed by atoms with Crippen molar-refractivity contribution >= 4 is 32.5 Å². The highest BCUT2D eigenvalue weighted by Crippen LogP contribution is 2.31. The molecule has 0 saturated heterocycles. The molecule has 0 aliphatic rings. The second kappa shape index (κ2) is 4.53. The van der Waals surface area contributed by atoms with Gasteiger partial charge in [0.15, 0.2) is 16.9 Å². The van der Waals surface area contributed by atoms with Gasteiger partial charge in [0.1, 0.15) is 5.52 Å². The molecule has 0 spiro atoms. The number of benzene rings is 2. The summed E-state index contributed by atoms with van der Waals surface area (Å²) in [5.41, 5.74) is 2.35. The number of rotatable bonds is 1. The molecule has 102 valence electrons. The van der Waals surface area contributed by atoms with E-state index in [4.69, 9.17) is 4.42 Å². The highest BCUT2D eigenvalue weighted by Gasteiger charge is 2.12. The van der Waals surface area contributed by atoms with Gasteiger partial charge in [-0.3, -0.25) is 4.79 Å². The molecule has 2 aromatic carbocycles. The zero-order chi connectivity index (χ0) is 14.4. The van der Waals surface area contributed by atoms with Gasteiger partial charge in [0.2, 0.25) is 0 Å². The summed E-state index contributed by atoms with van der Waals surface area (Å²) in [5.74, 6) is 0.578. The molecule has 0 bridgehead atoms. The van der Waals surface area contributed by atoms with Crippen LogP contribution in [0.1, 0.15) is 5.89 Å². The van der Waals surface area contributed by atoms with Crippen LogP contribution in [-0.4, -0.2) is 4.98 Å². The Morgan fingerprint density at radius 1 is 1.10 bits per heavy atom. The van der Waals surface area contributed by atoms with Crippen molar-refractivity contribution < 1.29 is 4.42 Å². The van der Waals surface area contributed by atoms with Crippen LogP contribution in [0, 0.1) is 6.92 Å². The van der Waals surface area contributed by atoms with E-state index in [1.165, 1.54) is 0 Å². The van der Waals surface area contributed by atoms with E-state index in [9.17, 15) is 4.79 Å². The third-order valence-electron chi connectivity index (χ3n) is 3.41. The molecule has 0 unspecified atom stereocenters. The maximum atomic E-state index is 12.5. The summed E-state index contributed by atoms with van der Waals surface area (Å²) in [5, 5.41) is 0.623. The Morgan fingerprint density at radius 3 is 2.71 bits per heavy atom. The lowest BCUT2D eigenvalue weighted by Gasteiger charge is -2.02. The molecule has 3 nitrogen and oxygen atoms in total. The van der Waals surface area contributed by atoms with Crippen molar-refractivity contribution in [3.63, 3.8) is 0 Å². The largest absolute Gasteiger partial charge is 0.440 e. The van der Waals surface area contributed by atoms with E-state index in [1.54, 1.807) is 24.3 Å². The van der Waals surface area contributed by atoms with Crippen molar-refractivity contribution in [2.75, 3.05) is 0 Å². The van der Waals surface area contributed by atoms with Crippen LogP contribution in [0.15, 0.2) is 57.7 Å². The summed E-state index contributed by atoms with van der Waals surface area (Å²) in [7, 11) is 0. The van der Waals surface area contributed by atoms with Crippen molar-refractivity contribution in [1.29, 1.82) is 0 Å². The predicted molar refractivity (Wildman–Crippen MR) is 85.8 cm³/mol. The van der Waals surface area contributed by atoms with Crippen molar-refractivity contribution in [3.8, 4) is 10.4 Å². The molecular formula is C17H11NO2S. The fraction of sp³-hybridized carbons (Fsp3) is 0.0588. The number of hydrogen-bond acceptors (Lipinski definition) is 4. The van der Waals surface area contributed by atoms with Gasteiger partial charge in [0.05, 0.1) is 5.39 Å². The van der Waals surface area contributed by atoms with Gasteiger partial charge in [0, 0.05) is 22.6 Å². The number of hydrogen-bond donors (Lipinski definition) is 0. The van der Waals surface area contributed by atoms with Crippen LogP contribution < -0.4 is 5.43 Å². The van der Waals surface area contributed by atoms with Crippen LogP contribution in [0.5, 0.6) is 0 Å². The average Bonchev–Trinajstić information content (AvgIpc) is 2.88. The summed E-state index contributed by atoms with van der Waals surface area (Å²) in [6.45, 7) is 1.79. The highest BCUT2D eigenvalue weighted by atomic mass is 32.1. The molecule has 4 aromatic rings. The number of aromatic nitrogens is 1. The normalized spacial score (nSPS) is 11.3. The topological polar surface area (TPSA) is 43.1 Å². The molecule has 0 radical (unpaired) electrons. The van der Waals surface area contributed by atoms with Gasteiger partial charge in [-0.05, 0) is 17.7 Å². The SMILES string of the molecule is Cc1nc2ccc3sc(-c4ccccc4)cc(=O)c3c2o1. The van der Waals surface area contributed by atoms with Crippen molar-refractivity contribution in [2.24, 2.45) is 0 Å². The van der Waals surface area contributed by atoms with Gasteiger partial charge in [-0.25, -0.2) is 4.98 Å². The molecule has 0 atom stereocenters. The lowest BCUT2D eigenvalue weighted by atomic mass is 10.1. The molecule has 0 fully saturated rings. The number of fused-ring (bicyclic) bond motifs is 3. The molecule has 0 aliphatic heterocycles. The first-order valence-corrected chi connectivity index (χ1v) is 7.43. The molecule has 0 N–H and O–H groups in total. The van der Waals surface area contributed by atoms with Crippen LogP contribution in [0.3, 0.4) is 0 Å². The molecule has 21 heavy (non-hydrogen) atoms. The molecule has 0 aliphatic carbocycles. The summed E-state index contributed by atoms with van der Waals surface area (Å²) in [6, 6.07) is 15.5. The zero-order valence-corrected chi connectivity index (χ0v) is 12.1. The molecule has 2 heterocycles. The predicted octanol–water partition coefficient (Wildman–Crippen LogP) is 4.38. The van der Waals surface area contributed by atoms with Gasteiger partial charge in [-0.1, -0.05) is 30.3 Å². The quantitative estimate of drug-likeness (QED) is 0.523. The first-order valence-electron chi connectivity index (χ1n) is 6.62. The third kappa shape index (κ3) is 1.96. The van der Waals surface area contributed by atoms with Crippen LogP contribution in [0.25, 0.3) is 31.6 Å². The first kappa shape index (κ1) is 12.3. The second-order valence-electron chi connectivity index (χ2n) is 4.86. The molecular weight excluding hydrogens is 282 g/mol. The van der Waals surface area contributed by atoms with Crippen molar-refractivity contribution in [3.05, 3.63) is 64.6 Å². The van der Waals surface area contributed by atoms with E-state index >= 15 is 0 Å². The van der Waals surface area contributed by atoms with Gasteiger partial charge in [-0.2, -0.15) is 0 Å². The molecule has 4 rings (SSSR count). The van der Waals surface area contributed by atoms with Gasteiger partial charge in [-0.15, -0.1) is 11.3 Å². The van der Waals surface area contributed by atoms with Gasteiger partial charge < -0.3 is 4.42 Å². The van der Waals surface area contributed by atoms with E-state index in [0.717, 1.165) is 20.7 Å². The van der Waals surface area contributed by atoms with Gasteiger partial charge >= 0.3 is 0 Å². The first-order chi connectivity index (χ1) is 10.2. The third-order valence-corrected chi connectivity index (χ3v) is 4.55. The minimum absolute atomic E-state index is 0.0237. The number of oxazole rings is 1. The maximum absolute atomic E-state index is 12.5. The average molecular weight is 293 g/mol. The standard InChI is InChI=1S/C17H11NO2S/c1-10-18-12-7-8-14-16(17(12)20-10)13(19)9-15(21-14)11-5-3-2-4-6-11/h2-9H,1H3. The van der Waals surface area contributed by atoms with E-state index in [-0.39, 0.29) is 5.43 Å². The van der Waals surface area contributed by atoms with Crippen molar-refractivity contribution in [2.45, 2.75) is 6.92 Å². The highest BCUT2D eigenvalue weighted by molar-refractivity contribution is 7.21. The fourth-order valence-corrected chi connectivity index (χ4v) is 3.58. The Hall–Kier alpha value is -2.46. The lowest BCUT2D eigenvalue weighted by Crippen LogP contribution is -1.99. The monoisotopic (exact) mass is 293 g/mol. The van der Waals surface area contributed by atoms with Crippen LogP contribution in [0.2, 0.25) is 0 Å². The maximum Gasteiger partial charge on any atom is 0.192 e. The van der Waals surface area contributed by atoms with Crippen molar-refractivity contribution in [1.82, 2.24) is 4.98 Å². The Labute approximate surface area is 124 Å². The van der Waals surface area contributed by atoms with E-state index in [2.05, 4.69) is 4.98 Å². The van der Waals surface area contributed by atoms with Crippen LogP contribution >= 0.6 is 11.3 Å². The second-order valence-corrected chi connectivity index (χ2v) is 5.94. The minimum atomic E-state index is -0.0237. The minimum Gasteiger partial charge on any atom is -0.440 e. The summed E-state index contributed by atoms with van der Waals surface area (Å²) < 4.78 is 6.52. The number of aryl methyl sites for hydroxylation is 1. The number of nitrogens with zero attached hydrogens (tertiary/aromatic N) is 1. The fourth-order valence-electron chi connectivity index (χ4n) is 2.49. The van der Waals surface area contributed by atoms with Crippen LogP contribution in [0.4, 0.5) is 0 Å². The summed E-state index contributed by atoms with van der Waals surface area (Å²) in [6.07, 6.45) is 0. The van der Waals surface area contributed by atoms with E-state index in [1.807, 2.05) is 42.5 Å². The summed E-state index contributed by atoms with van der Waals surface area (Å²) in [4.78, 5) is 17.8. The lowest BCUT2D eigenvalue weighted by molar-refractivity contribution is 0.563. The Kier molecular flexibility index (Phi) is 2.65. The van der Waals surface area contributed by atoms with E-state index in [0.29, 0.717) is 16.9 Å². The Bertz CT molecular complexity index is 1020. The van der Waals surface area contributed by atoms with Crippen LogP contribution in [-0.2, 0) is 0 Å². The molecule has 0 amide bonds. The molecule has 0 saturated carbocycles. The molecule has 4 heteroatoms.